The highest BCUT2D eigenvalue weighted by Crippen LogP contribution is 2.36. The second-order valence-corrected chi connectivity index (χ2v) is 9.05. The Balaban J connectivity index is 1.40. The minimum atomic E-state index is -0.440. The summed E-state index contributed by atoms with van der Waals surface area (Å²) in [5.41, 5.74) is 10.7. The lowest BCUT2D eigenvalue weighted by Gasteiger charge is -2.12. The van der Waals surface area contributed by atoms with Gasteiger partial charge in [-0.3, -0.25) is 4.79 Å². The zero-order valence-corrected chi connectivity index (χ0v) is 20.6. The van der Waals surface area contributed by atoms with Crippen LogP contribution < -0.4 is 15.2 Å². The highest BCUT2D eigenvalue weighted by atomic mass is 79.9. The number of ketones is 1. The molecule has 4 aromatic rings. The Hall–Kier alpha value is -3.91. The lowest BCUT2D eigenvalue weighted by Crippen LogP contribution is -2.08. The summed E-state index contributed by atoms with van der Waals surface area (Å²) in [4.78, 5) is 13.3. The van der Waals surface area contributed by atoms with Crippen LogP contribution in [0.5, 0.6) is 17.2 Å². The first-order valence-corrected chi connectivity index (χ1v) is 11.6. The summed E-state index contributed by atoms with van der Waals surface area (Å²) in [7, 11) is 1.60. The van der Waals surface area contributed by atoms with Gasteiger partial charge in [0, 0.05) is 12.0 Å². The molecule has 0 radical (unpaired) electrons. The van der Waals surface area contributed by atoms with Gasteiger partial charge in [-0.05, 0) is 88.1 Å². The molecule has 1 heterocycles. The number of ether oxygens (including phenoxy) is 2. The Labute approximate surface area is 209 Å². The van der Waals surface area contributed by atoms with Gasteiger partial charge in [0.15, 0.2) is 17.3 Å². The highest BCUT2D eigenvalue weighted by molar-refractivity contribution is 9.10. The molecule has 5 rings (SSSR count). The summed E-state index contributed by atoms with van der Waals surface area (Å²) in [6, 6.07) is 15.4. The van der Waals surface area contributed by atoms with Crippen molar-refractivity contribution in [2.45, 2.75) is 13.3 Å². The normalized spacial score (nSPS) is 12.3. The van der Waals surface area contributed by atoms with E-state index in [2.05, 4.69) is 21.0 Å². The van der Waals surface area contributed by atoms with Crippen molar-refractivity contribution >= 4 is 33.6 Å². The number of allylic oxidation sites excluding steroid dienone is 1. The third-order valence-corrected chi connectivity index (χ3v) is 6.55. The summed E-state index contributed by atoms with van der Waals surface area (Å²) >= 11 is 3.49. The lowest BCUT2D eigenvalue weighted by atomic mass is 10.0. The van der Waals surface area contributed by atoms with Gasteiger partial charge in [0.05, 0.1) is 29.0 Å². The van der Waals surface area contributed by atoms with Crippen LogP contribution >= 0.6 is 15.9 Å². The quantitative estimate of drug-likeness (QED) is 0.294. The number of hydrogen-bond acceptors (Lipinski definition) is 5. The SMILES string of the molecule is COc1cc2c(cc1Br)CC(C(=O)c1cnn(-c3ccc(Oc4ccccc4F)c(C)c3)c1N)=C2. The number of Topliss-reactive ketones (excluding diaryl/α,β-unsaturated/α-hetero) is 1. The van der Waals surface area contributed by atoms with E-state index in [1.165, 1.54) is 16.9 Å². The van der Waals surface area contributed by atoms with Gasteiger partial charge in [-0.1, -0.05) is 12.1 Å². The van der Waals surface area contributed by atoms with Gasteiger partial charge < -0.3 is 15.2 Å². The van der Waals surface area contributed by atoms with Crippen LogP contribution in [0, 0.1) is 12.7 Å². The van der Waals surface area contributed by atoms with Crippen LogP contribution in [-0.2, 0) is 6.42 Å². The molecule has 176 valence electrons. The molecule has 0 bridgehead atoms. The number of hydrogen-bond donors (Lipinski definition) is 1. The Morgan fingerprint density at radius 2 is 1.91 bits per heavy atom. The number of benzene rings is 3. The molecule has 3 aromatic carbocycles. The number of aromatic nitrogens is 2. The molecule has 1 aromatic heterocycles. The van der Waals surface area contributed by atoms with Crippen molar-refractivity contribution in [3.8, 4) is 22.9 Å². The van der Waals surface area contributed by atoms with Gasteiger partial charge in [-0.25, -0.2) is 9.07 Å². The van der Waals surface area contributed by atoms with Crippen molar-refractivity contribution in [3.05, 3.63) is 98.9 Å². The van der Waals surface area contributed by atoms with Gasteiger partial charge in [-0.15, -0.1) is 0 Å². The molecule has 1 aliphatic carbocycles. The second-order valence-electron chi connectivity index (χ2n) is 8.20. The van der Waals surface area contributed by atoms with Crippen molar-refractivity contribution in [2.75, 3.05) is 12.8 Å². The van der Waals surface area contributed by atoms with Crippen LogP contribution in [0.4, 0.5) is 10.2 Å². The molecule has 0 saturated carbocycles. The highest BCUT2D eigenvalue weighted by Gasteiger charge is 2.25. The van der Waals surface area contributed by atoms with Gasteiger partial charge in [-0.2, -0.15) is 5.10 Å². The molecule has 0 atom stereocenters. The van der Waals surface area contributed by atoms with Gasteiger partial charge >= 0.3 is 0 Å². The number of nitrogen functional groups attached to an aromatic ring is 1. The minimum absolute atomic E-state index is 0.144. The van der Waals surface area contributed by atoms with E-state index in [0.717, 1.165) is 21.2 Å². The monoisotopic (exact) mass is 533 g/mol. The second kappa shape index (κ2) is 9.03. The first-order chi connectivity index (χ1) is 16.9. The van der Waals surface area contributed by atoms with Crippen LogP contribution in [0.1, 0.15) is 27.0 Å². The van der Waals surface area contributed by atoms with E-state index in [1.54, 1.807) is 37.4 Å². The van der Waals surface area contributed by atoms with Crippen molar-refractivity contribution in [1.29, 1.82) is 0 Å². The van der Waals surface area contributed by atoms with E-state index < -0.39 is 5.82 Å². The molecule has 0 amide bonds. The molecule has 0 spiro atoms. The fourth-order valence-electron chi connectivity index (χ4n) is 4.08. The fourth-order valence-corrected chi connectivity index (χ4v) is 4.63. The van der Waals surface area contributed by atoms with Crippen LogP contribution in [0.25, 0.3) is 11.8 Å². The number of methoxy groups -OCH3 is 1. The van der Waals surface area contributed by atoms with E-state index in [4.69, 9.17) is 15.2 Å². The maximum Gasteiger partial charge on any atom is 0.194 e. The van der Waals surface area contributed by atoms with E-state index >= 15 is 0 Å². The average molecular weight is 534 g/mol. The summed E-state index contributed by atoms with van der Waals surface area (Å²) in [5.74, 6) is 0.995. The zero-order valence-electron chi connectivity index (χ0n) is 19.0. The molecule has 8 heteroatoms. The lowest BCUT2D eigenvalue weighted by molar-refractivity contribution is 0.103. The van der Waals surface area contributed by atoms with Crippen molar-refractivity contribution in [1.82, 2.24) is 9.78 Å². The van der Waals surface area contributed by atoms with E-state index in [-0.39, 0.29) is 17.4 Å². The van der Waals surface area contributed by atoms with Crippen LogP contribution in [-0.4, -0.2) is 22.7 Å². The van der Waals surface area contributed by atoms with E-state index in [9.17, 15) is 9.18 Å². The molecule has 0 unspecified atom stereocenters. The summed E-state index contributed by atoms with van der Waals surface area (Å²) in [6.07, 6.45) is 3.85. The van der Waals surface area contributed by atoms with Crippen molar-refractivity contribution in [2.24, 2.45) is 0 Å². The Kier molecular flexibility index (Phi) is 5.90. The minimum Gasteiger partial charge on any atom is -0.496 e. The Morgan fingerprint density at radius 1 is 1.11 bits per heavy atom. The number of carbonyl (C=O) groups is 1. The van der Waals surface area contributed by atoms with Gasteiger partial charge in [0.1, 0.15) is 17.3 Å². The molecular weight excluding hydrogens is 513 g/mol. The average Bonchev–Trinajstić information content (AvgIpc) is 3.43. The van der Waals surface area contributed by atoms with E-state index in [0.29, 0.717) is 34.7 Å². The predicted molar refractivity (Wildman–Crippen MR) is 136 cm³/mol. The summed E-state index contributed by atoms with van der Waals surface area (Å²) < 4.78 is 27.4. The number of fused-ring (bicyclic) bond motifs is 1. The number of nitrogens with zero attached hydrogens (tertiary/aromatic N) is 2. The van der Waals surface area contributed by atoms with Crippen LogP contribution in [0.3, 0.4) is 0 Å². The third kappa shape index (κ3) is 4.21. The number of aryl methyl sites for hydroxylation is 1. The maximum absolute atomic E-state index is 14.0. The molecule has 0 aliphatic heterocycles. The zero-order chi connectivity index (χ0) is 24.7. The molecule has 0 saturated heterocycles. The Morgan fingerprint density at radius 3 is 2.66 bits per heavy atom. The smallest absolute Gasteiger partial charge is 0.194 e. The number of carbonyl (C=O) groups excluding carboxylic acids is 1. The third-order valence-electron chi connectivity index (χ3n) is 5.93. The van der Waals surface area contributed by atoms with E-state index in [1.807, 2.05) is 31.2 Å². The molecule has 2 N–H and O–H groups in total. The molecular formula is C27H21BrFN3O3. The molecule has 1 aliphatic rings. The maximum atomic E-state index is 14.0. The predicted octanol–water partition coefficient (Wildman–Crippen LogP) is 6.29. The van der Waals surface area contributed by atoms with Crippen molar-refractivity contribution < 1.29 is 18.7 Å². The van der Waals surface area contributed by atoms with Crippen LogP contribution in [0.15, 0.2) is 70.8 Å². The topological polar surface area (TPSA) is 79.4 Å². The first-order valence-electron chi connectivity index (χ1n) is 10.8. The van der Waals surface area contributed by atoms with Gasteiger partial charge in [0.25, 0.3) is 0 Å². The van der Waals surface area contributed by atoms with Crippen molar-refractivity contribution in [3.63, 3.8) is 0 Å². The molecule has 35 heavy (non-hydrogen) atoms. The largest absolute Gasteiger partial charge is 0.496 e. The Bertz CT molecular complexity index is 1510. The number of anilines is 1. The summed E-state index contributed by atoms with van der Waals surface area (Å²) in [5, 5.41) is 4.35. The van der Waals surface area contributed by atoms with Crippen LogP contribution in [0.2, 0.25) is 0 Å². The molecule has 6 nitrogen and oxygen atoms in total. The number of nitrogens with two attached hydrogens (primary N) is 1. The molecule has 0 fully saturated rings. The fraction of sp³-hybridized carbons (Fsp3) is 0.111. The standard InChI is InChI=1S/C27H21BrFN3O3/c1-15-9-19(7-8-23(15)35-24-6-4-3-5-22(24)29)32-27(30)20(14-31-32)26(33)18-10-16-12-21(28)25(34-2)13-17(16)11-18/h3-9,11-14H,10,30H2,1-2H3. The van der Waals surface area contributed by atoms with Gasteiger partial charge in [0.2, 0.25) is 0 Å². The summed E-state index contributed by atoms with van der Waals surface area (Å²) in [6.45, 7) is 1.85. The number of para-hydroxylation sites is 1. The number of rotatable bonds is 6. The number of halogens is 2. The first kappa shape index (κ1) is 22.9.